The van der Waals surface area contributed by atoms with Gasteiger partial charge < -0.3 is 13.7 Å². The number of halogens is 1. The van der Waals surface area contributed by atoms with Crippen LogP contribution in [0.3, 0.4) is 0 Å². The smallest absolute Gasteiger partial charge is 0.142 e. The minimum absolute atomic E-state index is 0.844. The first-order chi connectivity index (χ1) is 12.2. The molecule has 0 N–H and O–H groups in total. The molecule has 0 atom stereocenters. The summed E-state index contributed by atoms with van der Waals surface area (Å²) in [7, 11) is 1.68. The molecule has 4 aromatic rings. The molecule has 2 aromatic carbocycles. The molecular formula is C21H20BrNO2. The van der Waals surface area contributed by atoms with E-state index >= 15 is 0 Å². The van der Waals surface area contributed by atoms with E-state index in [1.807, 2.05) is 30.5 Å². The second kappa shape index (κ2) is 6.60. The summed E-state index contributed by atoms with van der Waals surface area (Å²) in [5.74, 6) is 1.74. The van der Waals surface area contributed by atoms with Gasteiger partial charge >= 0.3 is 0 Å². The van der Waals surface area contributed by atoms with Gasteiger partial charge in [-0.3, -0.25) is 0 Å². The molecule has 2 aromatic heterocycles. The number of unbranched alkanes of at least 4 members (excludes halogenated alkanes) is 1. The zero-order valence-corrected chi connectivity index (χ0v) is 16.0. The summed E-state index contributed by atoms with van der Waals surface area (Å²) in [5.41, 5.74) is 2.29. The number of fused-ring (bicyclic) bond motifs is 3. The van der Waals surface area contributed by atoms with E-state index in [1.165, 1.54) is 23.7 Å². The van der Waals surface area contributed by atoms with Crippen molar-refractivity contribution < 1.29 is 9.15 Å². The van der Waals surface area contributed by atoms with E-state index in [1.54, 1.807) is 7.11 Å². The van der Waals surface area contributed by atoms with Gasteiger partial charge in [0.2, 0.25) is 0 Å². The molecule has 2 heterocycles. The maximum absolute atomic E-state index is 5.96. The molecule has 0 aliphatic rings. The topological polar surface area (TPSA) is 27.3 Å². The first kappa shape index (κ1) is 16.3. The van der Waals surface area contributed by atoms with E-state index in [0.29, 0.717) is 0 Å². The number of aryl methyl sites for hydroxylation is 1. The Labute approximate surface area is 155 Å². The van der Waals surface area contributed by atoms with Gasteiger partial charge in [-0.2, -0.15) is 0 Å². The fourth-order valence-electron chi connectivity index (χ4n) is 3.35. The van der Waals surface area contributed by atoms with Crippen molar-refractivity contribution in [3.8, 4) is 17.1 Å². The lowest BCUT2D eigenvalue weighted by molar-refractivity contribution is 0.415. The SMILES string of the molecule is CCCCn1cc(Br)c2c3c(-c4ccc(OC)cc4)occ3ccc21. The third-order valence-electron chi connectivity index (χ3n) is 4.67. The number of rotatable bonds is 5. The number of benzene rings is 2. The number of nitrogens with zero attached hydrogens (tertiary/aromatic N) is 1. The van der Waals surface area contributed by atoms with Crippen LogP contribution in [0.15, 0.2) is 57.7 Å². The average Bonchev–Trinajstić information content (AvgIpc) is 3.21. The Morgan fingerprint density at radius 3 is 2.60 bits per heavy atom. The van der Waals surface area contributed by atoms with E-state index in [-0.39, 0.29) is 0 Å². The summed E-state index contributed by atoms with van der Waals surface area (Å²) in [6.45, 7) is 3.25. The summed E-state index contributed by atoms with van der Waals surface area (Å²) in [5, 5.41) is 3.49. The quantitative estimate of drug-likeness (QED) is 0.378. The molecule has 4 heteroatoms. The van der Waals surface area contributed by atoms with Crippen LogP contribution in [0.4, 0.5) is 0 Å². The fraction of sp³-hybridized carbons (Fsp3) is 0.238. The molecule has 0 saturated carbocycles. The molecule has 0 saturated heterocycles. The lowest BCUT2D eigenvalue weighted by Gasteiger charge is -2.05. The molecule has 0 spiro atoms. The monoisotopic (exact) mass is 397 g/mol. The Morgan fingerprint density at radius 1 is 1.08 bits per heavy atom. The first-order valence-corrected chi connectivity index (χ1v) is 9.35. The van der Waals surface area contributed by atoms with Gasteiger partial charge in [-0.1, -0.05) is 13.3 Å². The number of hydrogen-bond donors (Lipinski definition) is 0. The fourth-order valence-corrected chi connectivity index (χ4v) is 4.00. The molecule has 3 nitrogen and oxygen atoms in total. The third kappa shape index (κ3) is 2.74. The van der Waals surface area contributed by atoms with E-state index in [4.69, 9.17) is 9.15 Å². The Bertz CT molecular complexity index is 1030. The molecule has 0 fully saturated rings. The van der Waals surface area contributed by atoms with Gasteiger partial charge in [0.15, 0.2) is 0 Å². The lowest BCUT2D eigenvalue weighted by atomic mass is 10.0. The standard InChI is InChI=1S/C21H20BrNO2/c1-3-4-11-23-12-17(22)20-18(23)10-7-15-13-25-21(19(15)20)14-5-8-16(24-2)9-6-14/h5-10,12-13H,3-4,11H2,1-2H3. The van der Waals surface area contributed by atoms with Crippen molar-refractivity contribution in [2.24, 2.45) is 0 Å². The Hall–Kier alpha value is -2.20. The van der Waals surface area contributed by atoms with Crippen LogP contribution in [0, 0.1) is 0 Å². The van der Waals surface area contributed by atoms with Gasteiger partial charge in [0, 0.05) is 44.5 Å². The Balaban J connectivity index is 1.93. The zero-order chi connectivity index (χ0) is 17.4. The highest BCUT2D eigenvalue weighted by Gasteiger charge is 2.17. The summed E-state index contributed by atoms with van der Waals surface area (Å²) >= 11 is 3.76. The van der Waals surface area contributed by atoms with Crippen LogP contribution in [-0.2, 0) is 6.54 Å². The van der Waals surface area contributed by atoms with Crippen molar-refractivity contribution in [2.75, 3.05) is 7.11 Å². The molecule has 0 radical (unpaired) electrons. The number of ether oxygens (including phenoxy) is 1. The minimum atomic E-state index is 0.844. The molecule has 0 amide bonds. The summed E-state index contributed by atoms with van der Waals surface area (Å²) in [4.78, 5) is 0. The van der Waals surface area contributed by atoms with Crippen molar-refractivity contribution in [1.29, 1.82) is 0 Å². The van der Waals surface area contributed by atoms with Crippen molar-refractivity contribution in [3.05, 3.63) is 53.3 Å². The lowest BCUT2D eigenvalue weighted by Crippen LogP contribution is -1.94. The second-order valence-corrected chi connectivity index (χ2v) is 7.10. The van der Waals surface area contributed by atoms with E-state index < -0.39 is 0 Å². The zero-order valence-electron chi connectivity index (χ0n) is 14.4. The summed E-state index contributed by atoms with van der Waals surface area (Å²) < 4.78 is 14.7. The molecule has 25 heavy (non-hydrogen) atoms. The van der Waals surface area contributed by atoms with Gasteiger partial charge in [-0.05, 0) is 58.7 Å². The first-order valence-electron chi connectivity index (χ1n) is 8.56. The molecule has 0 unspecified atom stereocenters. The molecule has 0 aliphatic heterocycles. The van der Waals surface area contributed by atoms with Gasteiger partial charge in [0.25, 0.3) is 0 Å². The van der Waals surface area contributed by atoms with Crippen molar-refractivity contribution >= 4 is 37.6 Å². The van der Waals surface area contributed by atoms with Gasteiger partial charge in [0.1, 0.15) is 11.5 Å². The molecule has 0 bridgehead atoms. The normalized spacial score (nSPS) is 11.5. The highest BCUT2D eigenvalue weighted by atomic mass is 79.9. The summed E-state index contributed by atoms with van der Waals surface area (Å²) in [6.07, 6.45) is 6.38. The predicted octanol–water partition coefficient (Wildman–Crippen LogP) is 6.63. The van der Waals surface area contributed by atoms with Crippen molar-refractivity contribution in [1.82, 2.24) is 4.57 Å². The number of aromatic nitrogens is 1. The number of furan rings is 1. The predicted molar refractivity (Wildman–Crippen MR) is 106 cm³/mol. The van der Waals surface area contributed by atoms with E-state index in [2.05, 4.69) is 45.8 Å². The molecule has 4 rings (SSSR count). The number of hydrogen-bond acceptors (Lipinski definition) is 2. The van der Waals surface area contributed by atoms with Gasteiger partial charge in [-0.15, -0.1) is 0 Å². The Morgan fingerprint density at radius 2 is 1.88 bits per heavy atom. The molecular weight excluding hydrogens is 378 g/mol. The van der Waals surface area contributed by atoms with E-state index in [0.717, 1.165) is 38.9 Å². The van der Waals surface area contributed by atoms with Crippen molar-refractivity contribution in [3.63, 3.8) is 0 Å². The van der Waals surface area contributed by atoms with Crippen LogP contribution < -0.4 is 4.74 Å². The van der Waals surface area contributed by atoms with Crippen LogP contribution in [0.25, 0.3) is 33.0 Å². The highest BCUT2D eigenvalue weighted by molar-refractivity contribution is 9.10. The van der Waals surface area contributed by atoms with Gasteiger partial charge in [0.05, 0.1) is 13.4 Å². The Kier molecular flexibility index (Phi) is 4.30. The molecule has 0 aliphatic carbocycles. The maximum Gasteiger partial charge on any atom is 0.142 e. The number of methoxy groups -OCH3 is 1. The largest absolute Gasteiger partial charge is 0.497 e. The highest BCUT2D eigenvalue weighted by Crippen LogP contribution is 2.40. The van der Waals surface area contributed by atoms with Crippen LogP contribution in [-0.4, -0.2) is 11.7 Å². The second-order valence-electron chi connectivity index (χ2n) is 6.24. The van der Waals surface area contributed by atoms with Crippen LogP contribution >= 0.6 is 15.9 Å². The van der Waals surface area contributed by atoms with E-state index in [9.17, 15) is 0 Å². The van der Waals surface area contributed by atoms with Crippen LogP contribution in [0.5, 0.6) is 5.75 Å². The van der Waals surface area contributed by atoms with Crippen molar-refractivity contribution in [2.45, 2.75) is 26.3 Å². The average molecular weight is 398 g/mol. The minimum Gasteiger partial charge on any atom is -0.497 e. The summed E-state index contributed by atoms with van der Waals surface area (Å²) in [6, 6.07) is 12.3. The van der Waals surface area contributed by atoms with Crippen LogP contribution in [0.1, 0.15) is 19.8 Å². The molecule has 128 valence electrons. The maximum atomic E-state index is 5.96. The third-order valence-corrected chi connectivity index (χ3v) is 5.27. The van der Waals surface area contributed by atoms with Gasteiger partial charge in [-0.25, -0.2) is 0 Å². The van der Waals surface area contributed by atoms with Crippen LogP contribution in [0.2, 0.25) is 0 Å².